The highest BCUT2D eigenvalue weighted by molar-refractivity contribution is 5.31. The van der Waals surface area contributed by atoms with Crippen molar-refractivity contribution < 1.29 is 0 Å². The zero-order valence-corrected chi connectivity index (χ0v) is 10.5. The number of hydrogen-bond acceptors (Lipinski definition) is 2. The third kappa shape index (κ3) is 3.31. The molecule has 1 saturated carbocycles. The summed E-state index contributed by atoms with van der Waals surface area (Å²) in [6.45, 7) is 0.996. The molecule has 1 aromatic rings. The maximum atomic E-state index is 8.75. The van der Waals surface area contributed by atoms with Gasteiger partial charge in [-0.05, 0) is 37.6 Å². The van der Waals surface area contributed by atoms with Crippen molar-refractivity contribution in [3.63, 3.8) is 0 Å². The van der Waals surface area contributed by atoms with Crippen molar-refractivity contribution in [3.8, 4) is 6.07 Å². The summed E-state index contributed by atoms with van der Waals surface area (Å²) in [7, 11) is 2.22. The molecule has 17 heavy (non-hydrogen) atoms. The fourth-order valence-electron chi connectivity index (χ4n) is 2.62. The summed E-state index contributed by atoms with van der Waals surface area (Å²) in [5.41, 5.74) is 2.05. The Morgan fingerprint density at radius 1 is 1.18 bits per heavy atom. The van der Waals surface area contributed by atoms with Crippen LogP contribution in [0, 0.1) is 11.3 Å². The van der Waals surface area contributed by atoms with E-state index in [1.807, 2.05) is 12.1 Å². The van der Waals surface area contributed by atoms with Crippen molar-refractivity contribution in [2.45, 2.75) is 44.7 Å². The molecule has 0 aromatic heterocycles. The molecule has 0 unspecified atom stereocenters. The summed E-state index contributed by atoms with van der Waals surface area (Å²) in [5, 5.41) is 8.75. The molecule has 0 spiro atoms. The highest BCUT2D eigenvalue weighted by atomic mass is 15.1. The predicted molar refractivity (Wildman–Crippen MR) is 69.5 cm³/mol. The van der Waals surface area contributed by atoms with Gasteiger partial charge in [-0.3, -0.25) is 4.90 Å². The Bertz CT molecular complexity index is 382. The van der Waals surface area contributed by atoms with Crippen LogP contribution in [0.1, 0.15) is 43.2 Å². The molecular formula is C15H20N2. The summed E-state index contributed by atoms with van der Waals surface area (Å²) in [4.78, 5) is 2.46. The molecule has 0 radical (unpaired) electrons. The second kappa shape index (κ2) is 5.84. The molecule has 0 aliphatic heterocycles. The lowest BCUT2D eigenvalue weighted by atomic mass is 9.94. The largest absolute Gasteiger partial charge is 0.299 e. The first-order valence-corrected chi connectivity index (χ1v) is 6.49. The Morgan fingerprint density at radius 2 is 1.82 bits per heavy atom. The zero-order chi connectivity index (χ0) is 12.1. The molecule has 2 nitrogen and oxygen atoms in total. The molecule has 0 amide bonds. The Kier molecular flexibility index (Phi) is 4.17. The first kappa shape index (κ1) is 12.1. The van der Waals surface area contributed by atoms with E-state index in [2.05, 4.69) is 30.1 Å². The van der Waals surface area contributed by atoms with Crippen LogP contribution in [0.25, 0.3) is 0 Å². The van der Waals surface area contributed by atoms with E-state index in [4.69, 9.17) is 5.26 Å². The van der Waals surface area contributed by atoms with Crippen LogP contribution in [0.5, 0.6) is 0 Å². The van der Waals surface area contributed by atoms with E-state index in [0.29, 0.717) is 0 Å². The van der Waals surface area contributed by atoms with E-state index in [-0.39, 0.29) is 0 Å². The van der Waals surface area contributed by atoms with Gasteiger partial charge in [-0.1, -0.05) is 31.4 Å². The van der Waals surface area contributed by atoms with Crippen molar-refractivity contribution in [2.75, 3.05) is 7.05 Å². The smallest absolute Gasteiger partial charge is 0.0991 e. The fraction of sp³-hybridized carbons (Fsp3) is 0.533. The zero-order valence-electron chi connectivity index (χ0n) is 10.5. The first-order chi connectivity index (χ1) is 8.29. The summed E-state index contributed by atoms with van der Waals surface area (Å²) in [6, 6.07) is 10.9. The Labute approximate surface area is 104 Å². The highest BCUT2D eigenvalue weighted by Crippen LogP contribution is 2.22. The van der Waals surface area contributed by atoms with Crippen LogP contribution in [0.15, 0.2) is 24.3 Å². The van der Waals surface area contributed by atoms with Crippen LogP contribution in [-0.2, 0) is 6.54 Å². The van der Waals surface area contributed by atoms with Gasteiger partial charge in [-0.15, -0.1) is 0 Å². The number of nitrogens with zero attached hydrogens (tertiary/aromatic N) is 2. The third-order valence-electron chi connectivity index (χ3n) is 3.71. The number of rotatable bonds is 3. The van der Waals surface area contributed by atoms with Crippen molar-refractivity contribution >= 4 is 0 Å². The van der Waals surface area contributed by atoms with Gasteiger partial charge in [0.15, 0.2) is 0 Å². The summed E-state index contributed by atoms with van der Waals surface area (Å²) in [6.07, 6.45) is 6.84. The van der Waals surface area contributed by atoms with Crippen LogP contribution in [-0.4, -0.2) is 18.0 Å². The quantitative estimate of drug-likeness (QED) is 0.793. The Hall–Kier alpha value is -1.33. The summed E-state index contributed by atoms with van der Waals surface area (Å²) in [5.74, 6) is 0. The second-order valence-electron chi connectivity index (χ2n) is 5.02. The van der Waals surface area contributed by atoms with E-state index >= 15 is 0 Å². The molecule has 1 aromatic carbocycles. The van der Waals surface area contributed by atoms with E-state index in [1.165, 1.54) is 37.7 Å². The van der Waals surface area contributed by atoms with Gasteiger partial charge in [0.1, 0.15) is 0 Å². The monoisotopic (exact) mass is 228 g/mol. The molecule has 2 rings (SSSR count). The van der Waals surface area contributed by atoms with Crippen LogP contribution in [0.4, 0.5) is 0 Å². The van der Waals surface area contributed by atoms with Gasteiger partial charge in [0, 0.05) is 12.6 Å². The summed E-state index contributed by atoms with van der Waals surface area (Å²) >= 11 is 0. The molecule has 1 fully saturated rings. The minimum Gasteiger partial charge on any atom is -0.299 e. The summed E-state index contributed by atoms with van der Waals surface area (Å²) < 4.78 is 0. The molecule has 90 valence electrons. The molecule has 0 atom stereocenters. The molecule has 0 heterocycles. The van der Waals surface area contributed by atoms with Crippen molar-refractivity contribution in [2.24, 2.45) is 0 Å². The van der Waals surface area contributed by atoms with Gasteiger partial charge >= 0.3 is 0 Å². The van der Waals surface area contributed by atoms with Crippen molar-refractivity contribution in [1.29, 1.82) is 5.26 Å². The molecule has 0 saturated heterocycles. The number of nitriles is 1. The van der Waals surface area contributed by atoms with Crippen LogP contribution >= 0.6 is 0 Å². The van der Waals surface area contributed by atoms with Crippen molar-refractivity contribution in [1.82, 2.24) is 4.90 Å². The van der Waals surface area contributed by atoms with Crippen LogP contribution < -0.4 is 0 Å². The average Bonchev–Trinajstić information content (AvgIpc) is 2.40. The predicted octanol–water partition coefficient (Wildman–Crippen LogP) is 3.32. The Balaban J connectivity index is 1.92. The van der Waals surface area contributed by atoms with Gasteiger partial charge < -0.3 is 0 Å². The minimum atomic E-state index is 0.745. The first-order valence-electron chi connectivity index (χ1n) is 6.49. The van der Waals surface area contributed by atoms with E-state index < -0.39 is 0 Å². The maximum Gasteiger partial charge on any atom is 0.0991 e. The molecule has 0 N–H and O–H groups in total. The molecule has 1 aliphatic rings. The van der Waals surface area contributed by atoms with Gasteiger partial charge in [-0.2, -0.15) is 5.26 Å². The number of benzene rings is 1. The third-order valence-corrected chi connectivity index (χ3v) is 3.71. The molecule has 0 bridgehead atoms. The average molecular weight is 228 g/mol. The second-order valence-corrected chi connectivity index (χ2v) is 5.02. The maximum absolute atomic E-state index is 8.75. The van der Waals surface area contributed by atoms with Gasteiger partial charge in [0.25, 0.3) is 0 Å². The lowest BCUT2D eigenvalue weighted by molar-refractivity contribution is 0.184. The van der Waals surface area contributed by atoms with Crippen LogP contribution in [0.3, 0.4) is 0 Å². The standard InChI is InChI=1S/C15H20N2/c1-17(15-5-3-2-4-6-15)12-14-9-7-13(11-16)8-10-14/h7-10,15H,2-6,12H2,1H3. The van der Waals surface area contributed by atoms with Gasteiger partial charge in [0.2, 0.25) is 0 Å². The highest BCUT2D eigenvalue weighted by Gasteiger charge is 2.17. The van der Waals surface area contributed by atoms with Gasteiger partial charge in [-0.25, -0.2) is 0 Å². The molecular weight excluding hydrogens is 208 g/mol. The van der Waals surface area contributed by atoms with E-state index in [9.17, 15) is 0 Å². The normalized spacial score (nSPS) is 17.0. The van der Waals surface area contributed by atoms with Crippen LogP contribution in [0.2, 0.25) is 0 Å². The fourth-order valence-corrected chi connectivity index (χ4v) is 2.62. The molecule has 2 heteroatoms. The number of hydrogen-bond donors (Lipinski definition) is 0. The topological polar surface area (TPSA) is 27.0 Å². The SMILES string of the molecule is CN(Cc1ccc(C#N)cc1)C1CCCCC1. The van der Waals surface area contributed by atoms with Gasteiger partial charge in [0.05, 0.1) is 11.6 Å². The minimum absolute atomic E-state index is 0.745. The van der Waals surface area contributed by atoms with E-state index in [1.54, 1.807) is 0 Å². The lowest BCUT2D eigenvalue weighted by Gasteiger charge is -2.31. The van der Waals surface area contributed by atoms with Crippen molar-refractivity contribution in [3.05, 3.63) is 35.4 Å². The van der Waals surface area contributed by atoms with E-state index in [0.717, 1.165) is 18.2 Å². The Morgan fingerprint density at radius 3 is 2.41 bits per heavy atom. The lowest BCUT2D eigenvalue weighted by Crippen LogP contribution is -2.32. The molecule has 1 aliphatic carbocycles.